The molecule has 154 valence electrons. The normalized spacial score (nSPS) is 12.5. The van der Waals surface area contributed by atoms with Crippen LogP contribution < -0.4 is 10.6 Å². The van der Waals surface area contributed by atoms with Gasteiger partial charge in [-0.2, -0.15) is 0 Å². The topological polar surface area (TPSA) is 84.5 Å². The molecule has 2 atom stereocenters. The Bertz CT molecular complexity index is 793. The fourth-order valence-electron chi connectivity index (χ4n) is 3.12. The summed E-state index contributed by atoms with van der Waals surface area (Å²) in [6.45, 7) is 1.36. The van der Waals surface area contributed by atoms with E-state index < -0.39 is 24.0 Å². The predicted octanol–water partition coefficient (Wildman–Crippen LogP) is 2.41. The number of carbonyl (C=O) groups excluding carboxylic acids is 3. The Labute approximate surface area is 171 Å². The number of ether oxygens (including phenoxy) is 1. The molecular formula is C23H28N2O4. The molecule has 0 fully saturated rings. The van der Waals surface area contributed by atoms with Gasteiger partial charge in [0.05, 0.1) is 7.11 Å². The minimum atomic E-state index is -0.767. The predicted molar refractivity (Wildman–Crippen MR) is 111 cm³/mol. The first-order valence-corrected chi connectivity index (χ1v) is 9.72. The Hall–Kier alpha value is -3.15. The summed E-state index contributed by atoms with van der Waals surface area (Å²) in [7, 11) is 1.30. The van der Waals surface area contributed by atoms with Gasteiger partial charge < -0.3 is 15.4 Å². The number of hydrogen-bond donors (Lipinski definition) is 2. The summed E-state index contributed by atoms with van der Waals surface area (Å²) in [6.07, 6.45) is 2.30. The molecule has 0 spiro atoms. The second-order valence-corrected chi connectivity index (χ2v) is 6.90. The van der Waals surface area contributed by atoms with Crippen LogP contribution in [0.3, 0.4) is 0 Å². The highest BCUT2D eigenvalue weighted by Gasteiger charge is 2.26. The van der Waals surface area contributed by atoms with Gasteiger partial charge in [0.1, 0.15) is 12.1 Å². The summed E-state index contributed by atoms with van der Waals surface area (Å²) in [5.41, 5.74) is 2.09. The number of nitrogens with one attached hydrogen (secondary N) is 2. The fourth-order valence-corrected chi connectivity index (χ4v) is 3.12. The summed E-state index contributed by atoms with van der Waals surface area (Å²) in [4.78, 5) is 36.6. The van der Waals surface area contributed by atoms with E-state index in [0.29, 0.717) is 19.3 Å². The molecule has 6 heteroatoms. The van der Waals surface area contributed by atoms with Gasteiger partial charge in [0.25, 0.3) is 0 Å². The van der Waals surface area contributed by atoms with Crippen molar-refractivity contribution in [1.82, 2.24) is 10.6 Å². The van der Waals surface area contributed by atoms with Crippen molar-refractivity contribution in [3.05, 3.63) is 71.8 Å². The lowest BCUT2D eigenvalue weighted by atomic mass is 10.0. The number of carbonyl (C=O) groups is 3. The van der Waals surface area contributed by atoms with Crippen LogP contribution in [0.4, 0.5) is 0 Å². The van der Waals surface area contributed by atoms with Crippen LogP contribution in [-0.2, 0) is 32.0 Å². The molecule has 29 heavy (non-hydrogen) atoms. The van der Waals surface area contributed by atoms with Crippen molar-refractivity contribution in [1.29, 1.82) is 0 Å². The Morgan fingerprint density at radius 3 is 2.00 bits per heavy atom. The van der Waals surface area contributed by atoms with E-state index in [1.807, 2.05) is 60.7 Å². The van der Waals surface area contributed by atoms with Gasteiger partial charge in [-0.15, -0.1) is 0 Å². The molecule has 2 N–H and O–H groups in total. The number of methoxy groups -OCH3 is 1. The molecule has 6 nitrogen and oxygen atoms in total. The summed E-state index contributed by atoms with van der Waals surface area (Å²) in [5, 5.41) is 5.42. The van der Waals surface area contributed by atoms with Crippen LogP contribution in [0, 0.1) is 0 Å². The summed E-state index contributed by atoms with van der Waals surface area (Å²) < 4.78 is 4.85. The minimum absolute atomic E-state index is 0.306. The van der Waals surface area contributed by atoms with Gasteiger partial charge in [-0.25, -0.2) is 4.79 Å². The first-order valence-electron chi connectivity index (χ1n) is 9.72. The van der Waals surface area contributed by atoms with Gasteiger partial charge in [-0.05, 0) is 30.4 Å². The molecule has 0 radical (unpaired) electrons. The zero-order valence-electron chi connectivity index (χ0n) is 16.9. The van der Waals surface area contributed by atoms with Crippen molar-refractivity contribution >= 4 is 17.8 Å². The molecule has 0 saturated heterocycles. The van der Waals surface area contributed by atoms with Gasteiger partial charge in [0.15, 0.2) is 0 Å². The Morgan fingerprint density at radius 2 is 1.45 bits per heavy atom. The van der Waals surface area contributed by atoms with Crippen molar-refractivity contribution in [2.75, 3.05) is 7.11 Å². The highest BCUT2D eigenvalue weighted by Crippen LogP contribution is 2.09. The molecule has 2 amide bonds. The maximum atomic E-state index is 12.8. The average Bonchev–Trinajstić information content (AvgIpc) is 2.73. The molecule has 2 aromatic rings. The molecular weight excluding hydrogens is 368 g/mol. The van der Waals surface area contributed by atoms with Crippen LogP contribution in [0.2, 0.25) is 0 Å². The molecule has 2 aromatic carbocycles. The maximum Gasteiger partial charge on any atom is 0.328 e. The van der Waals surface area contributed by atoms with E-state index in [9.17, 15) is 14.4 Å². The number of hydrogen-bond acceptors (Lipinski definition) is 4. The lowest BCUT2D eigenvalue weighted by molar-refractivity contribution is -0.145. The Morgan fingerprint density at radius 1 is 0.862 bits per heavy atom. The quantitative estimate of drug-likeness (QED) is 0.604. The van der Waals surface area contributed by atoms with Crippen LogP contribution in [-0.4, -0.2) is 37.0 Å². The van der Waals surface area contributed by atoms with Crippen molar-refractivity contribution in [2.45, 2.75) is 44.7 Å². The van der Waals surface area contributed by atoms with Gasteiger partial charge >= 0.3 is 5.97 Å². The number of aryl methyl sites for hydroxylation is 1. The number of esters is 1. The SMILES string of the molecule is COC(=O)[C@@H](CCCc1ccccc1)NC(=O)[C@H](Cc1ccccc1)NC(C)=O. The highest BCUT2D eigenvalue weighted by atomic mass is 16.5. The summed E-state index contributed by atoms with van der Waals surface area (Å²) >= 11 is 0. The van der Waals surface area contributed by atoms with E-state index >= 15 is 0 Å². The average molecular weight is 396 g/mol. The Kier molecular flexibility index (Phi) is 8.89. The van der Waals surface area contributed by atoms with Crippen LogP contribution in [0.1, 0.15) is 30.9 Å². The van der Waals surface area contributed by atoms with Crippen molar-refractivity contribution < 1.29 is 19.1 Å². The van der Waals surface area contributed by atoms with Gasteiger partial charge in [-0.1, -0.05) is 60.7 Å². The van der Waals surface area contributed by atoms with Gasteiger partial charge in [0.2, 0.25) is 11.8 Å². The third-order valence-electron chi connectivity index (χ3n) is 4.58. The standard InChI is InChI=1S/C23H28N2O4/c1-17(26)24-21(16-19-12-7-4-8-13-19)22(27)25-20(23(28)29-2)15-9-14-18-10-5-3-6-11-18/h3-8,10-13,20-21H,9,14-16H2,1-2H3,(H,24,26)(H,25,27)/t20-,21+/m1/s1. The number of amides is 2. The smallest absolute Gasteiger partial charge is 0.328 e. The van der Waals surface area contributed by atoms with Gasteiger partial charge in [-0.3, -0.25) is 9.59 Å². The van der Waals surface area contributed by atoms with Crippen molar-refractivity contribution in [3.8, 4) is 0 Å². The molecule has 2 rings (SSSR count). The molecule has 0 heterocycles. The Balaban J connectivity index is 2.00. The van der Waals surface area contributed by atoms with Gasteiger partial charge in [0, 0.05) is 13.3 Å². The van der Waals surface area contributed by atoms with E-state index in [4.69, 9.17) is 4.74 Å². The van der Waals surface area contributed by atoms with E-state index in [1.165, 1.54) is 19.6 Å². The molecule has 0 aromatic heterocycles. The maximum absolute atomic E-state index is 12.8. The van der Waals surface area contributed by atoms with E-state index in [-0.39, 0.29) is 5.91 Å². The molecule has 0 bridgehead atoms. The second-order valence-electron chi connectivity index (χ2n) is 6.90. The van der Waals surface area contributed by atoms with E-state index in [2.05, 4.69) is 10.6 Å². The van der Waals surface area contributed by atoms with Crippen LogP contribution in [0.15, 0.2) is 60.7 Å². The van der Waals surface area contributed by atoms with Crippen molar-refractivity contribution in [3.63, 3.8) is 0 Å². The second kappa shape index (κ2) is 11.6. The number of rotatable bonds is 10. The third-order valence-corrected chi connectivity index (χ3v) is 4.58. The largest absolute Gasteiger partial charge is 0.467 e. The number of benzene rings is 2. The first-order chi connectivity index (χ1) is 14.0. The van der Waals surface area contributed by atoms with E-state index in [1.54, 1.807) is 0 Å². The van der Waals surface area contributed by atoms with Crippen LogP contribution in [0.5, 0.6) is 0 Å². The summed E-state index contributed by atoms with van der Waals surface area (Å²) in [5.74, 6) is -1.20. The lowest BCUT2D eigenvalue weighted by Crippen LogP contribution is -2.52. The molecule has 0 saturated carbocycles. The lowest BCUT2D eigenvalue weighted by Gasteiger charge is -2.22. The molecule has 0 aliphatic rings. The molecule has 0 aliphatic carbocycles. The van der Waals surface area contributed by atoms with Crippen LogP contribution in [0.25, 0.3) is 0 Å². The zero-order chi connectivity index (χ0) is 21.1. The fraction of sp³-hybridized carbons (Fsp3) is 0.348. The third kappa shape index (κ3) is 7.78. The minimum Gasteiger partial charge on any atom is -0.467 e. The monoisotopic (exact) mass is 396 g/mol. The molecule has 0 unspecified atom stereocenters. The summed E-state index contributed by atoms with van der Waals surface area (Å²) in [6, 6.07) is 17.8. The first kappa shape index (κ1) is 22.1. The van der Waals surface area contributed by atoms with Crippen molar-refractivity contribution in [2.24, 2.45) is 0 Å². The van der Waals surface area contributed by atoms with E-state index in [0.717, 1.165) is 12.0 Å². The van der Waals surface area contributed by atoms with Crippen LogP contribution >= 0.6 is 0 Å². The highest BCUT2D eigenvalue weighted by molar-refractivity contribution is 5.90. The zero-order valence-corrected chi connectivity index (χ0v) is 16.9. The molecule has 0 aliphatic heterocycles.